The molecule has 0 radical (unpaired) electrons. The van der Waals surface area contributed by atoms with Crippen molar-refractivity contribution in [3.05, 3.63) is 93.5 Å². The van der Waals surface area contributed by atoms with Crippen LogP contribution in [0.1, 0.15) is 50.5 Å². The summed E-state index contributed by atoms with van der Waals surface area (Å²) in [6.45, 7) is 7.74. The van der Waals surface area contributed by atoms with Crippen molar-refractivity contribution in [2.45, 2.75) is 45.4 Å². The van der Waals surface area contributed by atoms with Gasteiger partial charge in [0.05, 0.1) is 0 Å². The summed E-state index contributed by atoms with van der Waals surface area (Å²) in [5.41, 5.74) is 7.38. The summed E-state index contributed by atoms with van der Waals surface area (Å²) in [6, 6.07) is 15.9. The zero-order chi connectivity index (χ0) is 20.9. The first-order chi connectivity index (χ1) is 14.5. The molecule has 0 spiro atoms. The van der Waals surface area contributed by atoms with Crippen molar-refractivity contribution < 1.29 is 4.42 Å². The van der Waals surface area contributed by atoms with Gasteiger partial charge in [-0.05, 0) is 73.2 Å². The normalized spacial score (nSPS) is 20.0. The number of benzene rings is 2. The van der Waals surface area contributed by atoms with Gasteiger partial charge in [0.1, 0.15) is 11.5 Å². The molecule has 0 atom stereocenters. The highest BCUT2D eigenvalue weighted by Crippen LogP contribution is 2.47. The van der Waals surface area contributed by atoms with Gasteiger partial charge in [0, 0.05) is 35.0 Å². The summed E-state index contributed by atoms with van der Waals surface area (Å²) in [7, 11) is 0. The van der Waals surface area contributed by atoms with Crippen molar-refractivity contribution >= 4 is 11.3 Å². The van der Waals surface area contributed by atoms with E-state index in [1.807, 2.05) is 6.07 Å². The van der Waals surface area contributed by atoms with E-state index >= 15 is 0 Å². The summed E-state index contributed by atoms with van der Waals surface area (Å²) in [5.74, 6) is 1.61. The number of para-hydroxylation sites is 1. The minimum absolute atomic E-state index is 0.0151. The maximum atomic E-state index is 11.8. The van der Waals surface area contributed by atoms with E-state index in [0.29, 0.717) is 5.76 Å². The number of aryl methyl sites for hydroxylation is 1. The molecule has 3 heteroatoms. The number of likely N-dealkylation sites (N-methyl/N-ethyl adjacent to an activating group) is 1. The third-order valence-corrected chi connectivity index (χ3v) is 6.56. The number of fused-ring (bicyclic) bond motifs is 3. The van der Waals surface area contributed by atoms with Gasteiger partial charge in [-0.25, -0.2) is 0 Å². The molecule has 30 heavy (non-hydrogen) atoms. The zero-order valence-corrected chi connectivity index (χ0v) is 17.9. The zero-order valence-electron chi connectivity index (χ0n) is 17.9. The Labute approximate surface area is 177 Å². The molecule has 0 amide bonds. The van der Waals surface area contributed by atoms with E-state index in [1.165, 1.54) is 28.1 Å². The summed E-state index contributed by atoms with van der Waals surface area (Å²) in [6.07, 6.45) is 7.63. The van der Waals surface area contributed by atoms with Crippen molar-refractivity contribution in [1.82, 2.24) is 0 Å². The van der Waals surface area contributed by atoms with Crippen LogP contribution in [-0.4, -0.2) is 6.54 Å². The molecule has 0 saturated heterocycles. The lowest BCUT2D eigenvalue weighted by Gasteiger charge is -2.26. The van der Waals surface area contributed by atoms with Crippen molar-refractivity contribution in [2.75, 3.05) is 11.4 Å². The Hall–Kier alpha value is -3.07. The molecule has 0 aromatic heterocycles. The lowest BCUT2D eigenvalue weighted by atomic mass is 9.83. The third kappa shape index (κ3) is 2.92. The number of nitrogens with zero attached hydrogens (tertiary/aromatic N) is 1. The fourth-order valence-electron chi connectivity index (χ4n) is 5.01. The molecule has 2 heterocycles. The van der Waals surface area contributed by atoms with Gasteiger partial charge in [-0.3, -0.25) is 4.79 Å². The molecular weight excluding hydrogens is 370 g/mol. The number of hydrogen-bond donors (Lipinski definition) is 0. The van der Waals surface area contributed by atoms with Gasteiger partial charge in [0.15, 0.2) is 5.43 Å². The molecule has 5 rings (SSSR count). The van der Waals surface area contributed by atoms with E-state index in [2.05, 4.69) is 68.2 Å². The number of rotatable bonds is 2. The number of anilines is 1. The largest absolute Gasteiger partial charge is 0.456 e. The van der Waals surface area contributed by atoms with Crippen LogP contribution in [0.15, 0.2) is 75.6 Å². The first-order valence-corrected chi connectivity index (χ1v) is 10.8. The topological polar surface area (TPSA) is 33.5 Å². The average molecular weight is 398 g/mol. The van der Waals surface area contributed by atoms with E-state index < -0.39 is 0 Å². The smallest absolute Gasteiger partial charge is 0.182 e. The third-order valence-electron chi connectivity index (χ3n) is 6.56. The van der Waals surface area contributed by atoms with Crippen LogP contribution in [0.3, 0.4) is 0 Å². The molecule has 0 N–H and O–H groups in total. The molecule has 0 fully saturated rings. The standard InChI is InChI=1S/C27H27NO2/c1-4-28-23-11-6-5-10-22(23)27(2,3)25(28)15-13-18-8-7-9-20-16-19-12-14-21(29)17-24(19)30-26(18)20/h5-6,10-17H,4,7-9H2,1-3H3. The van der Waals surface area contributed by atoms with Crippen LogP contribution < -0.4 is 10.3 Å². The molecular formula is C27H27NO2. The van der Waals surface area contributed by atoms with Crippen LogP contribution in [0.2, 0.25) is 0 Å². The predicted octanol–water partition coefficient (Wildman–Crippen LogP) is 6.17. The molecule has 1 aromatic rings. The molecule has 2 aliphatic carbocycles. The second kappa shape index (κ2) is 7.02. The Morgan fingerprint density at radius 1 is 1.07 bits per heavy atom. The Bertz CT molecular complexity index is 1210. The van der Waals surface area contributed by atoms with E-state index in [-0.39, 0.29) is 10.8 Å². The summed E-state index contributed by atoms with van der Waals surface area (Å²) in [4.78, 5) is 14.2. The highest BCUT2D eigenvalue weighted by molar-refractivity contribution is 5.74. The minimum Gasteiger partial charge on any atom is -0.456 e. The van der Waals surface area contributed by atoms with Crippen LogP contribution in [0, 0.1) is 0 Å². The lowest BCUT2D eigenvalue weighted by molar-refractivity contribution is 0.526. The maximum absolute atomic E-state index is 11.8. The molecule has 0 unspecified atom stereocenters. The highest BCUT2D eigenvalue weighted by atomic mass is 16.3. The minimum atomic E-state index is -0.0425. The summed E-state index contributed by atoms with van der Waals surface area (Å²) < 4.78 is 6.25. The quantitative estimate of drug-likeness (QED) is 0.519. The molecule has 1 aromatic carbocycles. The van der Waals surface area contributed by atoms with Crippen molar-refractivity contribution in [2.24, 2.45) is 0 Å². The van der Waals surface area contributed by atoms with Gasteiger partial charge in [-0.15, -0.1) is 0 Å². The fourth-order valence-corrected chi connectivity index (χ4v) is 5.01. The Kier molecular flexibility index (Phi) is 4.43. The van der Waals surface area contributed by atoms with Gasteiger partial charge in [-0.2, -0.15) is 0 Å². The van der Waals surface area contributed by atoms with Gasteiger partial charge in [-0.1, -0.05) is 38.1 Å². The summed E-state index contributed by atoms with van der Waals surface area (Å²) >= 11 is 0. The van der Waals surface area contributed by atoms with Crippen LogP contribution in [0.5, 0.6) is 0 Å². The molecule has 3 nitrogen and oxygen atoms in total. The Balaban J connectivity index is 1.61. The number of hydrogen-bond acceptors (Lipinski definition) is 3. The van der Waals surface area contributed by atoms with E-state index in [9.17, 15) is 4.79 Å². The van der Waals surface area contributed by atoms with Gasteiger partial charge < -0.3 is 9.32 Å². The SMILES string of the molecule is CCN1C(=CC=C2CCCc3cc4ccc(=O)cc-4oc32)C(C)(C)c2ccccc21. The van der Waals surface area contributed by atoms with Gasteiger partial charge in [0.25, 0.3) is 0 Å². The van der Waals surface area contributed by atoms with Crippen molar-refractivity contribution in [3.8, 4) is 11.3 Å². The van der Waals surface area contributed by atoms with Gasteiger partial charge >= 0.3 is 0 Å². The van der Waals surface area contributed by atoms with Gasteiger partial charge in [0.2, 0.25) is 0 Å². The first kappa shape index (κ1) is 18.9. The van der Waals surface area contributed by atoms with Crippen LogP contribution in [0.4, 0.5) is 5.69 Å². The van der Waals surface area contributed by atoms with Crippen LogP contribution in [-0.2, 0) is 11.8 Å². The second-order valence-electron chi connectivity index (χ2n) is 8.78. The maximum Gasteiger partial charge on any atom is 0.182 e. The lowest BCUT2D eigenvalue weighted by Crippen LogP contribution is -2.25. The summed E-state index contributed by atoms with van der Waals surface area (Å²) in [5, 5.41) is 0. The first-order valence-electron chi connectivity index (χ1n) is 10.8. The molecule has 0 bridgehead atoms. The molecule has 4 aliphatic rings. The predicted molar refractivity (Wildman–Crippen MR) is 123 cm³/mol. The molecule has 152 valence electrons. The van der Waals surface area contributed by atoms with Crippen molar-refractivity contribution in [1.29, 1.82) is 0 Å². The van der Waals surface area contributed by atoms with E-state index in [1.54, 1.807) is 12.1 Å². The van der Waals surface area contributed by atoms with E-state index in [4.69, 9.17) is 4.42 Å². The molecule has 2 aliphatic heterocycles. The average Bonchev–Trinajstić information content (AvgIpc) is 2.97. The molecule has 0 saturated carbocycles. The number of allylic oxidation sites excluding steroid dienone is 4. The Morgan fingerprint density at radius 3 is 2.73 bits per heavy atom. The monoisotopic (exact) mass is 397 g/mol. The van der Waals surface area contributed by atoms with Crippen LogP contribution >= 0.6 is 0 Å². The van der Waals surface area contributed by atoms with E-state index in [0.717, 1.165) is 37.1 Å². The van der Waals surface area contributed by atoms with Crippen molar-refractivity contribution in [3.63, 3.8) is 0 Å². The Morgan fingerprint density at radius 2 is 1.90 bits per heavy atom. The highest BCUT2D eigenvalue weighted by Gasteiger charge is 2.38. The fraction of sp³-hybridized carbons (Fsp3) is 0.296. The second-order valence-corrected chi connectivity index (χ2v) is 8.78. The van der Waals surface area contributed by atoms with Crippen LogP contribution in [0.25, 0.3) is 16.9 Å².